The molecule has 3 aliphatic carbocycles. The molecule has 162 valence electrons. The first kappa shape index (κ1) is 20.0. The number of allylic oxidation sites excluding steroid dienone is 1. The Morgan fingerprint density at radius 2 is 2.03 bits per heavy atom. The van der Waals surface area contributed by atoms with Crippen LogP contribution in [0.4, 0.5) is 0 Å². The van der Waals surface area contributed by atoms with Crippen LogP contribution in [0.15, 0.2) is 11.1 Å². The van der Waals surface area contributed by atoms with Gasteiger partial charge in [0.2, 0.25) is 0 Å². The maximum atomic E-state index is 12.8. The van der Waals surface area contributed by atoms with Crippen LogP contribution in [0, 0.1) is 28.6 Å². The van der Waals surface area contributed by atoms with Crippen molar-refractivity contribution in [1.29, 1.82) is 0 Å². The number of hydrogen-bond donors (Lipinski definition) is 0. The zero-order valence-electron chi connectivity index (χ0n) is 18.6. The molecule has 5 aliphatic rings. The zero-order valence-corrected chi connectivity index (χ0v) is 18.6. The molecule has 2 aliphatic heterocycles. The first-order chi connectivity index (χ1) is 13.9. The average Bonchev–Trinajstić information content (AvgIpc) is 3.28. The molecule has 6 unspecified atom stereocenters. The SMILES string of the molecule is CCC1(OC)CCC2(CO1)C1CCC3=C4C(CC3)C(C(=O)OC)CC42CN(C)C1. The van der Waals surface area contributed by atoms with Gasteiger partial charge in [0.15, 0.2) is 5.79 Å². The number of nitrogens with zero attached hydrogens (tertiary/aromatic N) is 1. The fourth-order valence-corrected chi connectivity index (χ4v) is 8.32. The van der Waals surface area contributed by atoms with Crippen molar-refractivity contribution in [2.75, 3.05) is 41.0 Å². The maximum absolute atomic E-state index is 12.8. The molecule has 5 nitrogen and oxygen atoms in total. The number of methoxy groups -OCH3 is 2. The average molecular weight is 404 g/mol. The fraction of sp³-hybridized carbons (Fsp3) is 0.875. The largest absolute Gasteiger partial charge is 0.469 e. The summed E-state index contributed by atoms with van der Waals surface area (Å²) in [5.74, 6) is 0.606. The Labute approximate surface area is 175 Å². The lowest BCUT2D eigenvalue weighted by atomic mass is 9.50. The highest BCUT2D eigenvalue weighted by Crippen LogP contribution is 2.71. The van der Waals surface area contributed by atoms with Crippen LogP contribution in [-0.2, 0) is 19.0 Å². The lowest BCUT2D eigenvalue weighted by Crippen LogP contribution is -2.64. The van der Waals surface area contributed by atoms with Gasteiger partial charge >= 0.3 is 5.97 Å². The summed E-state index contributed by atoms with van der Waals surface area (Å²) in [5.41, 5.74) is 3.52. The summed E-state index contributed by atoms with van der Waals surface area (Å²) < 4.78 is 17.8. The van der Waals surface area contributed by atoms with Gasteiger partial charge in [-0.05, 0) is 63.8 Å². The highest BCUT2D eigenvalue weighted by atomic mass is 16.7. The van der Waals surface area contributed by atoms with Crippen LogP contribution in [0.2, 0.25) is 0 Å². The van der Waals surface area contributed by atoms with Crippen molar-refractivity contribution < 1.29 is 19.0 Å². The fourth-order valence-electron chi connectivity index (χ4n) is 8.32. The molecule has 2 saturated heterocycles. The summed E-state index contributed by atoms with van der Waals surface area (Å²) in [6.07, 6.45) is 8.72. The zero-order chi connectivity index (χ0) is 20.4. The van der Waals surface area contributed by atoms with E-state index in [9.17, 15) is 4.79 Å². The molecule has 2 heterocycles. The lowest BCUT2D eigenvalue weighted by molar-refractivity contribution is -0.294. The molecular weight excluding hydrogens is 366 g/mol. The van der Waals surface area contributed by atoms with Gasteiger partial charge in [0.25, 0.3) is 0 Å². The van der Waals surface area contributed by atoms with E-state index < -0.39 is 5.79 Å². The molecule has 0 amide bonds. The van der Waals surface area contributed by atoms with Crippen molar-refractivity contribution in [3.8, 4) is 0 Å². The van der Waals surface area contributed by atoms with E-state index in [4.69, 9.17) is 14.2 Å². The van der Waals surface area contributed by atoms with Crippen molar-refractivity contribution in [3.63, 3.8) is 0 Å². The van der Waals surface area contributed by atoms with Gasteiger partial charge in [-0.3, -0.25) is 4.79 Å². The lowest BCUT2D eigenvalue weighted by Gasteiger charge is -2.62. The topological polar surface area (TPSA) is 48.0 Å². The van der Waals surface area contributed by atoms with Crippen LogP contribution in [0.1, 0.15) is 58.3 Å². The van der Waals surface area contributed by atoms with Gasteiger partial charge in [-0.25, -0.2) is 0 Å². The number of carbonyl (C=O) groups is 1. The maximum Gasteiger partial charge on any atom is 0.309 e. The first-order valence-electron chi connectivity index (χ1n) is 11.6. The van der Waals surface area contributed by atoms with E-state index in [1.54, 1.807) is 25.4 Å². The van der Waals surface area contributed by atoms with Crippen molar-refractivity contribution in [3.05, 3.63) is 11.1 Å². The number of rotatable bonds is 3. The van der Waals surface area contributed by atoms with E-state index in [1.165, 1.54) is 19.3 Å². The highest BCUT2D eigenvalue weighted by molar-refractivity contribution is 5.75. The Kier molecular flexibility index (Phi) is 4.69. The predicted octanol–water partition coefficient (Wildman–Crippen LogP) is 3.78. The summed E-state index contributed by atoms with van der Waals surface area (Å²) in [7, 11) is 5.62. The van der Waals surface area contributed by atoms with Crippen LogP contribution in [0.5, 0.6) is 0 Å². The molecule has 3 fully saturated rings. The third kappa shape index (κ3) is 2.53. The molecule has 6 atom stereocenters. The van der Waals surface area contributed by atoms with E-state index in [2.05, 4.69) is 18.9 Å². The highest BCUT2D eigenvalue weighted by Gasteiger charge is 2.69. The number of piperidine rings is 1. The van der Waals surface area contributed by atoms with Crippen molar-refractivity contribution in [2.24, 2.45) is 28.6 Å². The van der Waals surface area contributed by atoms with E-state index >= 15 is 0 Å². The molecule has 0 aromatic carbocycles. The van der Waals surface area contributed by atoms with Crippen LogP contribution in [-0.4, -0.2) is 57.6 Å². The number of likely N-dealkylation sites (tertiary alicyclic amines) is 1. The van der Waals surface area contributed by atoms with Gasteiger partial charge < -0.3 is 19.1 Å². The molecule has 5 rings (SSSR count). The molecule has 0 aromatic rings. The molecule has 0 N–H and O–H groups in total. The van der Waals surface area contributed by atoms with Gasteiger partial charge in [-0.15, -0.1) is 0 Å². The van der Waals surface area contributed by atoms with E-state index in [-0.39, 0.29) is 22.7 Å². The Morgan fingerprint density at radius 1 is 1.24 bits per heavy atom. The second kappa shape index (κ2) is 6.80. The van der Waals surface area contributed by atoms with Gasteiger partial charge in [0.05, 0.1) is 19.6 Å². The molecule has 5 heteroatoms. The number of esters is 1. The van der Waals surface area contributed by atoms with Crippen LogP contribution in [0.25, 0.3) is 0 Å². The van der Waals surface area contributed by atoms with Gasteiger partial charge in [0, 0.05) is 37.5 Å². The molecule has 0 aromatic heterocycles. The molecule has 0 radical (unpaired) electrons. The van der Waals surface area contributed by atoms with Crippen LogP contribution >= 0.6 is 0 Å². The van der Waals surface area contributed by atoms with E-state index in [0.29, 0.717) is 11.8 Å². The van der Waals surface area contributed by atoms with Crippen molar-refractivity contribution in [1.82, 2.24) is 4.90 Å². The van der Waals surface area contributed by atoms with E-state index in [1.807, 2.05) is 0 Å². The van der Waals surface area contributed by atoms with Gasteiger partial charge in [-0.2, -0.15) is 0 Å². The Balaban J connectivity index is 1.62. The normalized spacial score (nSPS) is 46.7. The summed E-state index contributed by atoms with van der Waals surface area (Å²) in [4.78, 5) is 15.4. The molecule has 1 saturated carbocycles. The molecule has 2 spiro atoms. The van der Waals surface area contributed by atoms with Crippen LogP contribution in [0.3, 0.4) is 0 Å². The third-order valence-corrected chi connectivity index (χ3v) is 9.64. The minimum atomic E-state index is -0.430. The van der Waals surface area contributed by atoms with Crippen molar-refractivity contribution in [2.45, 2.75) is 64.1 Å². The van der Waals surface area contributed by atoms with Crippen molar-refractivity contribution >= 4 is 5.97 Å². The minimum absolute atomic E-state index is 0.00245. The summed E-state index contributed by atoms with van der Waals surface area (Å²) in [6.45, 7) is 5.13. The first-order valence-corrected chi connectivity index (χ1v) is 11.6. The van der Waals surface area contributed by atoms with Gasteiger partial charge in [-0.1, -0.05) is 18.1 Å². The smallest absolute Gasteiger partial charge is 0.309 e. The Bertz CT molecular complexity index is 716. The molecular formula is C24H37NO4. The standard InChI is InChI=1S/C24H37NO4/c1-5-24(28-4)11-10-22(15-29-24)17-8-6-16-7-9-18-19(21(26)27-3)12-23(22,20(16)18)14-25(2)13-17/h17-19H,5-15H2,1-4H3. The summed E-state index contributed by atoms with van der Waals surface area (Å²) in [5, 5.41) is 0. The second-order valence-corrected chi connectivity index (χ2v) is 10.4. The van der Waals surface area contributed by atoms with E-state index in [0.717, 1.165) is 51.8 Å². The molecule has 29 heavy (non-hydrogen) atoms. The van der Waals surface area contributed by atoms with Crippen LogP contribution < -0.4 is 0 Å². The second-order valence-electron chi connectivity index (χ2n) is 10.4. The third-order valence-electron chi connectivity index (χ3n) is 9.64. The number of carbonyl (C=O) groups excluding carboxylic acids is 1. The minimum Gasteiger partial charge on any atom is -0.469 e. The Morgan fingerprint density at radius 3 is 2.69 bits per heavy atom. The predicted molar refractivity (Wildman–Crippen MR) is 110 cm³/mol. The number of ether oxygens (including phenoxy) is 3. The van der Waals surface area contributed by atoms with Gasteiger partial charge in [0.1, 0.15) is 0 Å². The summed E-state index contributed by atoms with van der Waals surface area (Å²) in [6, 6.07) is 0. The monoisotopic (exact) mass is 403 g/mol. The number of hydrogen-bond acceptors (Lipinski definition) is 5. The summed E-state index contributed by atoms with van der Waals surface area (Å²) >= 11 is 0. The Hall–Kier alpha value is -0.910. The quantitative estimate of drug-likeness (QED) is 0.530. The molecule has 2 bridgehead atoms.